The van der Waals surface area contributed by atoms with E-state index in [-0.39, 0.29) is 12.1 Å². The Morgan fingerprint density at radius 2 is 2.00 bits per heavy atom. The molecule has 1 aliphatic carbocycles. The normalized spacial score (nSPS) is 15.2. The number of hydrogen-bond acceptors (Lipinski definition) is 2. The van der Waals surface area contributed by atoms with Crippen LogP contribution in [0.4, 0.5) is 0 Å². The van der Waals surface area contributed by atoms with E-state index in [2.05, 4.69) is 4.99 Å². The lowest BCUT2D eigenvalue weighted by molar-refractivity contribution is 0.100. The minimum atomic E-state index is -0.519. The summed E-state index contributed by atoms with van der Waals surface area (Å²) >= 11 is 6.10. The molecule has 0 heterocycles. The van der Waals surface area contributed by atoms with Crippen LogP contribution in [-0.2, 0) is 0 Å². The summed E-state index contributed by atoms with van der Waals surface area (Å²) in [5.41, 5.74) is 10.6. The Morgan fingerprint density at radius 1 is 1.32 bits per heavy atom. The van der Waals surface area contributed by atoms with Crippen molar-refractivity contribution < 1.29 is 9.53 Å². The van der Waals surface area contributed by atoms with Crippen LogP contribution in [0.3, 0.4) is 0 Å². The molecule has 6 heteroatoms. The summed E-state index contributed by atoms with van der Waals surface area (Å²) in [5, 5.41) is 0.392. The van der Waals surface area contributed by atoms with Crippen LogP contribution in [0.25, 0.3) is 0 Å². The molecule has 1 aliphatic rings. The van der Waals surface area contributed by atoms with Crippen LogP contribution in [0.1, 0.15) is 36.0 Å². The highest BCUT2D eigenvalue weighted by atomic mass is 35.5. The summed E-state index contributed by atoms with van der Waals surface area (Å²) in [7, 11) is 0. The van der Waals surface area contributed by atoms with E-state index in [9.17, 15) is 4.79 Å². The zero-order valence-corrected chi connectivity index (χ0v) is 11.2. The first kappa shape index (κ1) is 13.7. The van der Waals surface area contributed by atoms with Crippen molar-refractivity contribution in [1.29, 1.82) is 0 Å². The lowest BCUT2D eigenvalue weighted by Gasteiger charge is -2.14. The average Bonchev–Trinajstić information content (AvgIpc) is 2.83. The second kappa shape index (κ2) is 5.93. The molecule has 102 valence electrons. The van der Waals surface area contributed by atoms with E-state index >= 15 is 0 Å². The number of carbonyl (C=O) groups excluding carboxylic acids is 1. The Balaban J connectivity index is 2.12. The van der Waals surface area contributed by atoms with E-state index in [1.165, 1.54) is 18.9 Å². The van der Waals surface area contributed by atoms with Gasteiger partial charge in [0, 0.05) is 5.56 Å². The van der Waals surface area contributed by atoms with Crippen molar-refractivity contribution in [2.24, 2.45) is 16.5 Å². The highest BCUT2D eigenvalue weighted by Crippen LogP contribution is 2.30. The highest BCUT2D eigenvalue weighted by Gasteiger charge is 2.18. The zero-order valence-electron chi connectivity index (χ0n) is 10.4. The predicted molar refractivity (Wildman–Crippen MR) is 74.5 cm³/mol. The topological polar surface area (TPSA) is 90.7 Å². The third-order valence-corrected chi connectivity index (χ3v) is 3.30. The van der Waals surface area contributed by atoms with Crippen LogP contribution in [0.5, 0.6) is 5.75 Å². The van der Waals surface area contributed by atoms with Crippen LogP contribution in [0.15, 0.2) is 23.2 Å². The molecule has 4 N–H and O–H groups in total. The number of amides is 1. The summed E-state index contributed by atoms with van der Waals surface area (Å²) in [6, 6.07) is 4.79. The molecular weight excluding hydrogens is 266 g/mol. The van der Waals surface area contributed by atoms with Gasteiger partial charge in [0.25, 0.3) is 5.91 Å². The van der Waals surface area contributed by atoms with E-state index in [1.54, 1.807) is 12.1 Å². The van der Waals surface area contributed by atoms with Crippen LogP contribution < -0.4 is 16.2 Å². The maximum Gasteiger partial charge on any atom is 0.280 e. The fraction of sp³-hybridized carbons (Fsp3) is 0.385. The molecule has 1 aromatic rings. The molecule has 0 atom stereocenters. The van der Waals surface area contributed by atoms with Crippen molar-refractivity contribution in [2.45, 2.75) is 31.8 Å². The summed E-state index contributed by atoms with van der Waals surface area (Å²) < 4.78 is 5.79. The predicted octanol–water partition coefficient (Wildman–Crippen LogP) is 2.08. The Bertz CT molecular complexity index is 507. The molecule has 5 nitrogen and oxygen atoms in total. The average molecular weight is 282 g/mol. The number of hydrogen-bond donors (Lipinski definition) is 2. The first-order valence-corrected chi connectivity index (χ1v) is 6.54. The maximum absolute atomic E-state index is 11.6. The van der Waals surface area contributed by atoms with Gasteiger partial charge in [-0.25, -0.2) is 0 Å². The summed E-state index contributed by atoms with van der Waals surface area (Å²) in [6.45, 7) is 0. The Kier molecular flexibility index (Phi) is 4.27. The van der Waals surface area contributed by atoms with Gasteiger partial charge in [0.1, 0.15) is 5.75 Å². The van der Waals surface area contributed by atoms with Gasteiger partial charge >= 0.3 is 0 Å². The largest absolute Gasteiger partial charge is 0.489 e. The van der Waals surface area contributed by atoms with E-state index in [0.717, 1.165) is 12.8 Å². The van der Waals surface area contributed by atoms with Crippen molar-refractivity contribution in [3.05, 3.63) is 28.8 Å². The number of guanidine groups is 1. The highest BCUT2D eigenvalue weighted by molar-refractivity contribution is 6.32. The Morgan fingerprint density at radius 3 is 2.58 bits per heavy atom. The number of benzene rings is 1. The molecular formula is C13H16ClN3O2. The van der Waals surface area contributed by atoms with Gasteiger partial charge in [-0.05, 0) is 43.9 Å². The van der Waals surface area contributed by atoms with E-state index in [0.29, 0.717) is 16.3 Å². The molecule has 1 saturated carbocycles. The number of ether oxygens (including phenoxy) is 1. The third kappa shape index (κ3) is 3.61. The molecule has 1 aromatic carbocycles. The van der Waals surface area contributed by atoms with Crippen LogP contribution in [0.2, 0.25) is 5.02 Å². The van der Waals surface area contributed by atoms with Crippen molar-refractivity contribution in [3.8, 4) is 5.75 Å². The molecule has 0 radical (unpaired) electrons. The fourth-order valence-corrected chi connectivity index (χ4v) is 2.32. The standard InChI is InChI=1S/C13H16ClN3O2/c14-10-7-8(12(18)17-13(15)16)5-6-11(10)19-9-3-1-2-4-9/h5-7,9H,1-4H2,(H4,15,16,17,18). The molecule has 19 heavy (non-hydrogen) atoms. The van der Waals surface area contributed by atoms with Gasteiger partial charge in [-0.2, -0.15) is 4.99 Å². The molecule has 1 fully saturated rings. The van der Waals surface area contributed by atoms with Crippen LogP contribution in [0, 0.1) is 0 Å². The number of aliphatic imine (C=N–C) groups is 1. The van der Waals surface area contributed by atoms with E-state index in [4.69, 9.17) is 27.8 Å². The second-order valence-electron chi connectivity index (χ2n) is 4.51. The number of rotatable bonds is 3. The minimum Gasteiger partial charge on any atom is -0.489 e. The van der Waals surface area contributed by atoms with Crippen molar-refractivity contribution in [2.75, 3.05) is 0 Å². The van der Waals surface area contributed by atoms with Crippen LogP contribution >= 0.6 is 11.6 Å². The molecule has 0 unspecified atom stereocenters. The molecule has 0 aromatic heterocycles. The zero-order chi connectivity index (χ0) is 13.8. The van der Waals surface area contributed by atoms with Crippen LogP contribution in [-0.4, -0.2) is 18.0 Å². The molecule has 0 saturated heterocycles. The summed E-state index contributed by atoms with van der Waals surface area (Å²) in [5.74, 6) is -0.198. The van der Waals surface area contributed by atoms with Crippen molar-refractivity contribution >= 4 is 23.5 Å². The molecule has 0 aliphatic heterocycles. The Labute approximate surface area is 116 Å². The van der Waals surface area contributed by atoms with Gasteiger partial charge in [-0.15, -0.1) is 0 Å². The third-order valence-electron chi connectivity index (χ3n) is 3.01. The van der Waals surface area contributed by atoms with E-state index in [1.807, 2.05) is 0 Å². The number of nitrogens with two attached hydrogens (primary N) is 2. The quantitative estimate of drug-likeness (QED) is 0.655. The summed E-state index contributed by atoms with van der Waals surface area (Å²) in [4.78, 5) is 15.1. The fourth-order valence-electron chi connectivity index (χ4n) is 2.10. The van der Waals surface area contributed by atoms with Crippen molar-refractivity contribution in [3.63, 3.8) is 0 Å². The Hall–Kier alpha value is -1.75. The molecule has 2 rings (SSSR count). The maximum atomic E-state index is 11.6. The lowest BCUT2D eigenvalue weighted by atomic mass is 10.2. The van der Waals surface area contributed by atoms with Crippen molar-refractivity contribution in [1.82, 2.24) is 0 Å². The smallest absolute Gasteiger partial charge is 0.280 e. The SMILES string of the molecule is NC(N)=NC(=O)c1ccc(OC2CCCC2)c(Cl)c1. The van der Waals surface area contributed by atoms with Gasteiger partial charge in [0.2, 0.25) is 0 Å². The van der Waals surface area contributed by atoms with E-state index < -0.39 is 5.91 Å². The van der Waals surface area contributed by atoms with Gasteiger partial charge in [-0.1, -0.05) is 11.6 Å². The summed E-state index contributed by atoms with van der Waals surface area (Å²) in [6.07, 6.45) is 4.68. The minimum absolute atomic E-state index is 0.219. The van der Waals surface area contributed by atoms with Gasteiger partial charge < -0.3 is 16.2 Å². The van der Waals surface area contributed by atoms with Gasteiger partial charge in [0.15, 0.2) is 5.96 Å². The first-order valence-electron chi connectivity index (χ1n) is 6.16. The van der Waals surface area contributed by atoms with Gasteiger partial charge in [-0.3, -0.25) is 4.79 Å². The first-order chi connectivity index (χ1) is 9.06. The second-order valence-corrected chi connectivity index (χ2v) is 4.92. The van der Waals surface area contributed by atoms with Gasteiger partial charge in [0.05, 0.1) is 11.1 Å². The monoisotopic (exact) mass is 281 g/mol. The number of halogens is 1. The molecule has 0 bridgehead atoms. The number of carbonyl (C=O) groups is 1. The number of nitrogens with zero attached hydrogens (tertiary/aromatic N) is 1. The lowest BCUT2D eigenvalue weighted by Crippen LogP contribution is -2.24. The molecule has 1 amide bonds. The molecule has 0 spiro atoms.